The molecule has 0 heterocycles. The molecule has 0 bridgehead atoms. The highest BCUT2D eigenvalue weighted by Gasteiger charge is 2.24. The van der Waals surface area contributed by atoms with E-state index in [1.54, 1.807) is 78.9 Å². The molecule has 0 aliphatic heterocycles. The molecule has 0 spiro atoms. The molecule has 10 heteroatoms. The van der Waals surface area contributed by atoms with Gasteiger partial charge in [0.1, 0.15) is 16.8 Å². The minimum atomic E-state index is -0.738. The second-order valence-electron chi connectivity index (χ2n) is 10.3. The van der Waals surface area contributed by atoms with Crippen LogP contribution in [0.15, 0.2) is 138 Å². The van der Waals surface area contributed by atoms with Crippen LogP contribution in [0.3, 0.4) is 0 Å². The second kappa shape index (κ2) is 16.1. The van der Waals surface area contributed by atoms with Crippen molar-refractivity contribution >= 4 is 46.9 Å². The number of hydrogen-bond donors (Lipinski definition) is 3. The fraction of sp³-hybridized carbons (Fsp3) is 0.0789. The van der Waals surface area contributed by atoms with Crippen molar-refractivity contribution in [2.24, 2.45) is 0 Å². The summed E-state index contributed by atoms with van der Waals surface area (Å²) in [5, 5.41) is 7.54. The Morgan fingerprint density at radius 3 is 2.15 bits per heavy atom. The molecular formula is C38H32FN3O5S. The van der Waals surface area contributed by atoms with E-state index in [1.807, 2.05) is 36.4 Å². The third-order valence-electron chi connectivity index (χ3n) is 7.08. The Balaban J connectivity index is 1.42. The molecule has 242 valence electrons. The molecule has 1 unspecified atom stereocenters. The first kappa shape index (κ1) is 33.5. The van der Waals surface area contributed by atoms with Crippen LogP contribution in [0, 0.1) is 5.82 Å². The van der Waals surface area contributed by atoms with Crippen molar-refractivity contribution in [1.82, 2.24) is 5.32 Å². The van der Waals surface area contributed by atoms with E-state index >= 15 is 0 Å². The van der Waals surface area contributed by atoms with Gasteiger partial charge in [0.15, 0.2) is 11.5 Å². The molecule has 3 amide bonds. The number of methoxy groups -OCH3 is 2. The summed E-state index contributed by atoms with van der Waals surface area (Å²) in [6, 6.07) is 35.8. The maximum atomic E-state index is 14.4. The molecule has 48 heavy (non-hydrogen) atoms. The van der Waals surface area contributed by atoms with Crippen molar-refractivity contribution in [3.05, 3.63) is 156 Å². The molecule has 8 nitrogen and oxygen atoms in total. The van der Waals surface area contributed by atoms with Crippen LogP contribution in [0.1, 0.15) is 26.7 Å². The summed E-state index contributed by atoms with van der Waals surface area (Å²) in [6.07, 6.45) is 1.51. The van der Waals surface area contributed by atoms with Crippen molar-refractivity contribution in [2.75, 3.05) is 24.9 Å². The first-order chi connectivity index (χ1) is 23.4. The summed E-state index contributed by atoms with van der Waals surface area (Å²) in [6.45, 7) is 0. The number of ether oxygens (including phenoxy) is 2. The quantitative estimate of drug-likeness (QED) is 0.0934. The molecule has 5 aromatic carbocycles. The van der Waals surface area contributed by atoms with Crippen LogP contribution in [0.25, 0.3) is 6.08 Å². The predicted octanol–water partition coefficient (Wildman–Crippen LogP) is 7.72. The molecule has 5 aromatic rings. The van der Waals surface area contributed by atoms with E-state index in [2.05, 4.69) is 16.0 Å². The van der Waals surface area contributed by atoms with Gasteiger partial charge in [-0.05, 0) is 60.2 Å². The van der Waals surface area contributed by atoms with Crippen molar-refractivity contribution in [2.45, 2.75) is 10.1 Å². The van der Waals surface area contributed by atoms with E-state index in [9.17, 15) is 18.8 Å². The summed E-state index contributed by atoms with van der Waals surface area (Å²) < 4.78 is 25.3. The van der Waals surface area contributed by atoms with Crippen molar-refractivity contribution in [1.29, 1.82) is 0 Å². The van der Waals surface area contributed by atoms with Gasteiger partial charge in [-0.15, -0.1) is 11.8 Å². The Morgan fingerprint density at radius 2 is 1.44 bits per heavy atom. The number of para-hydroxylation sites is 2. The van der Waals surface area contributed by atoms with Gasteiger partial charge in [0.2, 0.25) is 5.91 Å². The van der Waals surface area contributed by atoms with Crippen LogP contribution in [0.2, 0.25) is 0 Å². The highest BCUT2D eigenvalue weighted by Crippen LogP contribution is 2.37. The minimum absolute atomic E-state index is 0.0418. The zero-order valence-corrected chi connectivity index (χ0v) is 26.9. The molecule has 3 N–H and O–H groups in total. The number of nitrogens with one attached hydrogen (secondary N) is 3. The molecule has 0 saturated carbocycles. The Labute approximate surface area is 282 Å². The Hall–Kier alpha value is -5.87. The molecular weight excluding hydrogens is 629 g/mol. The lowest BCUT2D eigenvalue weighted by Crippen LogP contribution is -2.30. The van der Waals surface area contributed by atoms with Crippen molar-refractivity contribution in [3.8, 4) is 11.5 Å². The van der Waals surface area contributed by atoms with Crippen LogP contribution < -0.4 is 25.4 Å². The molecule has 0 aromatic heterocycles. The average molecular weight is 662 g/mol. The van der Waals surface area contributed by atoms with E-state index in [4.69, 9.17) is 9.47 Å². The van der Waals surface area contributed by atoms with E-state index in [-0.39, 0.29) is 11.4 Å². The van der Waals surface area contributed by atoms with Crippen LogP contribution in [-0.2, 0) is 9.59 Å². The van der Waals surface area contributed by atoms with Crippen LogP contribution in [0.5, 0.6) is 11.5 Å². The summed E-state index contributed by atoms with van der Waals surface area (Å²) in [4.78, 5) is 41.1. The number of halogens is 1. The highest BCUT2D eigenvalue weighted by atomic mass is 32.2. The normalized spacial score (nSPS) is 11.6. The molecule has 1 atom stereocenters. The van der Waals surface area contributed by atoms with Gasteiger partial charge < -0.3 is 25.4 Å². The smallest absolute Gasteiger partial charge is 0.272 e. The number of amides is 3. The third kappa shape index (κ3) is 8.48. The summed E-state index contributed by atoms with van der Waals surface area (Å²) >= 11 is 1.24. The molecule has 0 aliphatic carbocycles. The molecule has 0 saturated heterocycles. The van der Waals surface area contributed by atoms with E-state index in [0.29, 0.717) is 38.8 Å². The first-order valence-corrected chi connectivity index (χ1v) is 15.7. The Kier molecular flexibility index (Phi) is 11.2. The van der Waals surface area contributed by atoms with Gasteiger partial charge in [-0.25, -0.2) is 4.39 Å². The zero-order chi connectivity index (χ0) is 33.9. The number of carbonyl (C=O) groups excluding carboxylic acids is 3. The van der Waals surface area contributed by atoms with Gasteiger partial charge in [-0.3, -0.25) is 14.4 Å². The summed E-state index contributed by atoms with van der Waals surface area (Å²) in [5.74, 6) is -1.18. The molecule has 5 rings (SSSR count). The van der Waals surface area contributed by atoms with Gasteiger partial charge >= 0.3 is 0 Å². The van der Waals surface area contributed by atoms with E-state index in [1.165, 1.54) is 44.2 Å². The van der Waals surface area contributed by atoms with Gasteiger partial charge in [0, 0.05) is 21.7 Å². The fourth-order valence-electron chi connectivity index (χ4n) is 4.77. The molecule has 0 fully saturated rings. The lowest BCUT2D eigenvalue weighted by Gasteiger charge is -2.18. The van der Waals surface area contributed by atoms with Gasteiger partial charge in [-0.2, -0.15) is 0 Å². The second-order valence-corrected chi connectivity index (χ2v) is 11.5. The van der Waals surface area contributed by atoms with Crippen LogP contribution >= 0.6 is 11.8 Å². The van der Waals surface area contributed by atoms with Crippen LogP contribution in [0.4, 0.5) is 15.8 Å². The lowest BCUT2D eigenvalue weighted by atomic mass is 10.1. The van der Waals surface area contributed by atoms with Crippen molar-refractivity contribution in [3.63, 3.8) is 0 Å². The largest absolute Gasteiger partial charge is 0.493 e. The fourth-order valence-corrected chi connectivity index (χ4v) is 5.85. The Bertz CT molecular complexity index is 1940. The summed E-state index contributed by atoms with van der Waals surface area (Å²) in [5.41, 5.74) is 2.05. The molecule has 0 radical (unpaired) electrons. The highest BCUT2D eigenvalue weighted by molar-refractivity contribution is 8.00. The van der Waals surface area contributed by atoms with Crippen LogP contribution in [-0.4, -0.2) is 31.9 Å². The minimum Gasteiger partial charge on any atom is -0.493 e. The maximum absolute atomic E-state index is 14.4. The number of rotatable bonds is 12. The summed E-state index contributed by atoms with van der Waals surface area (Å²) in [7, 11) is 2.99. The Morgan fingerprint density at radius 1 is 0.750 bits per heavy atom. The zero-order valence-electron chi connectivity index (χ0n) is 26.1. The van der Waals surface area contributed by atoms with Crippen molar-refractivity contribution < 1.29 is 28.2 Å². The standard InChI is InChI=1S/C38H32FN3O5S/c1-46-33-22-11-17-27(34(33)47-2)23-32(42-36(43)26-15-7-4-8-16-26)37(44)40-28-18-12-19-29(24-28)48-35(25-13-5-3-6-14-25)38(45)41-31-21-10-9-20-30(31)39/h3-24,35H,1-2H3,(H,40,44)(H,41,45)(H,42,43)/b32-23+. The number of thioether (sulfide) groups is 1. The van der Waals surface area contributed by atoms with Gasteiger partial charge in [-0.1, -0.05) is 78.9 Å². The maximum Gasteiger partial charge on any atom is 0.272 e. The van der Waals surface area contributed by atoms with Gasteiger partial charge in [0.25, 0.3) is 11.8 Å². The average Bonchev–Trinajstić information content (AvgIpc) is 3.12. The topological polar surface area (TPSA) is 106 Å². The van der Waals surface area contributed by atoms with E-state index in [0.717, 1.165) is 0 Å². The number of anilines is 2. The number of hydrogen-bond acceptors (Lipinski definition) is 6. The monoisotopic (exact) mass is 661 g/mol. The van der Waals surface area contributed by atoms with E-state index < -0.39 is 28.8 Å². The third-order valence-corrected chi connectivity index (χ3v) is 8.33. The SMILES string of the molecule is COc1cccc(/C=C(/NC(=O)c2ccccc2)C(=O)Nc2cccc(SC(C(=O)Nc3ccccc3F)c3ccccc3)c2)c1OC. The first-order valence-electron chi connectivity index (χ1n) is 14.8. The number of carbonyl (C=O) groups is 3. The number of benzene rings is 5. The molecule has 0 aliphatic rings. The predicted molar refractivity (Wildman–Crippen MR) is 187 cm³/mol. The lowest BCUT2D eigenvalue weighted by molar-refractivity contribution is -0.116. The van der Waals surface area contributed by atoms with Gasteiger partial charge in [0.05, 0.1) is 19.9 Å².